The van der Waals surface area contributed by atoms with Gasteiger partial charge in [-0.15, -0.1) is 0 Å². The molecule has 15 heavy (non-hydrogen) atoms. The molecule has 0 aromatic heterocycles. The molecule has 1 aliphatic rings. The van der Waals surface area contributed by atoms with Crippen molar-refractivity contribution in [2.24, 2.45) is 5.73 Å². The third-order valence-corrected chi connectivity index (χ3v) is 3.43. The summed E-state index contributed by atoms with van der Waals surface area (Å²) in [5.74, 6) is 0. The van der Waals surface area contributed by atoms with Gasteiger partial charge in [-0.2, -0.15) is 0 Å². The van der Waals surface area contributed by atoms with Gasteiger partial charge in [-0.05, 0) is 34.4 Å². The van der Waals surface area contributed by atoms with Crippen LogP contribution >= 0.6 is 15.9 Å². The van der Waals surface area contributed by atoms with Gasteiger partial charge in [0.2, 0.25) is 0 Å². The van der Waals surface area contributed by atoms with Crippen LogP contribution in [0.15, 0.2) is 46.9 Å². The third kappa shape index (κ3) is 1.25. The van der Waals surface area contributed by atoms with Crippen molar-refractivity contribution in [2.45, 2.75) is 6.04 Å². The zero-order valence-corrected chi connectivity index (χ0v) is 9.66. The molecule has 0 spiro atoms. The molecule has 74 valence electrons. The summed E-state index contributed by atoms with van der Waals surface area (Å²) >= 11 is 3.48. The molecule has 0 amide bonds. The molecule has 0 aliphatic heterocycles. The Kier molecular flexibility index (Phi) is 1.94. The summed E-state index contributed by atoms with van der Waals surface area (Å²) < 4.78 is 1.09. The summed E-state index contributed by atoms with van der Waals surface area (Å²) in [6.07, 6.45) is 0. The molecule has 3 rings (SSSR count). The lowest BCUT2D eigenvalue weighted by Gasteiger charge is -2.05. The van der Waals surface area contributed by atoms with E-state index in [1.165, 1.54) is 22.3 Å². The Morgan fingerprint density at radius 1 is 0.933 bits per heavy atom. The maximum atomic E-state index is 6.21. The molecule has 0 radical (unpaired) electrons. The molecule has 0 bridgehead atoms. The first-order valence-electron chi connectivity index (χ1n) is 4.92. The van der Waals surface area contributed by atoms with Gasteiger partial charge in [-0.1, -0.05) is 46.3 Å². The third-order valence-electron chi connectivity index (χ3n) is 2.93. The highest BCUT2D eigenvalue weighted by Gasteiger charge is 2.24. The molecular formula is C13H10BrN. The molecule has 1 unspecified atom stereocenters. The van der Waals surface area contributed by atoms with Crippen molar-refractivity contribution in [3.05, 3.63) is 58.1 Å². The van der Waals surface area contributed by atoms with Gasteiger partial charge < -0.3 is 5.73 Å². The molecule has 0 saturated carbocycles. The second-order valence-corrected chi connectivity index (χ2v) is 4.71. The molecular weight excluding hydrogens is 250 g/mol. The van der Waals surface area contributed by atoms with E-state index in [1.807, 2.05) is 6.07 Å². The predicted molar refractivity (Wildman–Crippen MR) is 65.6 cm³/mol. The highest BCUT2D eigenvalue weighted by atomic mass is 79.9. The van der Waals surface area contributed by atoms with E-state index in [9.17, 15) is 0 Å². The van der Waals surface area contributed by atoms with Gasteiger partial charge in [0.1, 0.15) is 0 Å². The summed E-state index contributed by atoms with van der Waals surface area (Å²) in [5, 5.41) is 0. The standard InChI is InChI=1S/C13H10BrN/c14-8-5-6-10-9-3-1-2-4-11(9)13(15)12(10)7-8/h1-7,13H,15H2. The van der Waals surface area contributed by atoms with Gasteiger partial charge in [0.15, 0.2) is 0 Å². The van der Waals surface area contributed by atoms with E-state index in [0.29, 0.717) is 0 Å². The van der Waals surface area contributed by atoms with Crippen LogP contribution < -0.4 is 5.73 Å². The highest BCUT2D eigenvalue weighted by Crippen LogP contribution is 2.42. The summed E-state index contributed by atoms with van der Waals surface area (Å²) in [5.41, 5.74) is 11.2. The second kappa shape index (κ2) is 3.19. The summed E-state index contributed by atoms with van der Waals surface area (Å²) in [4.78, 5) is 0. The van der Waals surface area contributed by atoms with Crippen LogP contribution in [0.1, 0.15) is 17.2 Å². The largest absolute Gasteiger partial charge is 0.320 e. The van der Waals surface area contributed by atoms with E-state index >= 15 is 0 Å². The number of benzene rings is 2. The minimum absolute atomic E-state index is 0.0219. The zero-order chi connectivity index (χ0) is 10.4. The number of rotatable bonds is 0. The van der Waals surface area contributed by atoms with Crippen molar-refractivity contribution in [1.82, 2.24) is 0 Å². The fourth-order valence-corrected chi connectivity index (χ4v) is 2.60. The van der Waals surface area contributed by atoms with Crippen LogP contribution in [0.2, 0.25) is 0 Å². The lowest BCUT2D eigenvalue weighted by Crippen LogP contribution is -2.07. The monoisotopic (exact) mass is 259 g/mol. The first-order chi connectivity index (χ1) is 7.27. The summed E-state index contributed by atoms with van der Waals surface area (Å²) in [6.45, 7) is 0. The molecule has 0 fully saturated rings. The van der Waals surface area contributed by atoms with Crippen LogP contribution in [-0.2, 0) is 0 Å². The smallest absolute Gasteiger partial charge is 0.0564 e. The normalized spacial score (nSPS) is 17.3. The van der Waals surface area contributed by atoms with E-state index in [4.69, 9.17) is 5.73 Å². The minimum Gasteiger partial charge on any atom is -0.320 e. The quantitative estimate of drug-likeness (QED) is 0.771. The van der Waals surface area contributed by atoms with Gasteiger partial charge in [-0.3, -0.25) is 0 Å². The summed E-state index contributed by atoms with van der Waals surface area (Å²) in [7, 11) is 0. The van der Waals surface area contributed by atoms with Crippen molar-refractivity contribution in [3.63, 3.8) is 0 Å². The SMILES string of the molecule is NC1c2ccccc2-c2ccc(Br)cc21. The Balaban J connectivity index is 2.32. The lowest BCUT2D eigenvalue weighted by molar-refractivity contribution is 0.900. The van der Waals surface area contributed by atoms with Gasteiger partial charge in [0.05, 0.1) is 6.04 Å². The molecule has 1 atom stereocenters. The molecule has 1 nitrogen and oxygen atoms in total. The summed E-state index contributed by atoms with van der Waals surface area (Å²) in [6, 6.07) is 14.7. The maximum absolute atomic E-state index is 6.21. The van der Waals surface area contributed by atoms with E-state index in [1.54, 1.807) is 0 Å². The van der Waals surface area contributed by atoms with Gasteiger partial charge in [0.25, 0.3) is 0 Å². The van der Waals surface area contributed by atoms with Crippen molar-refractivity contribution >= 4 is 15.9 Å². The van der Waals surface area contributed by atoms with Crippen molar-refractivity contribution in [1.29, 1.82) is 0 Å². The molecule has 0 saturated heterocycles. The van der Waals surface area contributed by atoms with Crippen LogP contribution in [0.5, 0.6) is 0 Å². The lowest BCUT2D eigenvalue weighted by atomic mass is 10.1. The zero-order valence-electron chi connectivity index (χ0n) is 8.07. The molecule has 2 N–H and O–H groups in total. The minimum atomic E-state index is 0.0219. The van der Waals surface area contributed by atoms with Crippen molar-refractivity contribution in [3.8, 4) is 11.1 Å². The van der Waals surface area contributed by atoms with Crippen LogP contribution in [0.4, 0.5) is 0 Å². The Hall–Kier alpha value is -1.12. The van der Waals surface area contributed by atoms with E-state index in [2.05, 4.69) is 52.3 Å². The van der Waals surface area contributed by atoms with E-state index in [0.717, 1.165) is 4.47 Å². The topological polar surface area (TPSA) is 26.0 Å². The molecule has 2 aromatic carbocycles. The van der Waals surface area contributed by atoms with Crippen molar-refractivity contribution in [2.75, 3.05) is 0 Å². The van der Waals surface area contributed by atoms with Crippen LogP contribution in [0, 0.1) is 0 Å². The average molecular weight is 260 g/mol. The molecule has 2 heteroatoms. The van der Waals surface area contributed by atoms with Crippen molar-refractivity contribution < 1.29 is 0 Å². The molecule has 1 aliphatic carbocycles. The Labute approximate surface area is 97.1 Å². The Bertz CT molecular complexity index is 534. The van der Waals surface area contributed by atoms with Crippen LogP contribution in [-0.4, -0.2) is 0 Å². The van der Waals surface area contributed by atoms with E-state index in [-0.39, 0.29) is 6.04 Å². The number of nitrogens with two attached hydrogens (primary N) is 1. The van der Waals surface area contributed by atoms with Crippen LogP contribution in [0.3, 0.4) is 0 Å². The number of halogens is 1. The fraction of sp³-hybridized carbons (Fsp3) is 0.0769. The van der Waals surface area contributed by atoms with Gasteiger partial charge in [0, 0.05) is 4.47 Å². The van der Waals surface area contributed by atoms with Crippen LogP contribution in [0.25, 0.3) is 11.1 Å². The van der Waals surface area contributed by atoms with Gasteiger partial charge in [-0.25, -0.2) is 0 Å². The fourth-order valence-electron chi connectivity index (χ4n) is 2.22. The predicted octanol–water partition coefficient (Wildman–Crippen LogP) is 3.48. The first-order valence-corrected chi connectivity index (χ1v) is 5.71. The number of hydrogen-bond donors (Lipinski definition) is 1. The second-order valence-electron chi connectivity index (χ2n) is 3.80. The Morgan fingerprint density at radius 2 is 1.67 bits per heavy atom. The number of hydrogen-bond acceptors (Lipinski definition) is 1. The molecule has 0 heterocycles. The maximum Gasteiger partial charge on any atom is 0.0564 e. The Morgan fingerprint density at radius 3 is 2.53 bits per heavy atom. The first kappa shape index (κ1) is 9.13. The average Bonchev–Trinajstić information content (AvgIpc) is 2.54. The number of fused-ring (bicyclic) bond motifs is 3. The van der Waals surface area contributed by atoms with Gasteiger partial charge >= 0.3 is 0 Å². The van der Waals surface area contributed by atoms with E-state index < -0.39 is 0 Å². The highest BCUT2D eigenvalue weighted by molar-refractivity contribution is 9.10. The molecule has 2 aromatic rings.